The zero-order valence-corrected chi connectivity index (χ0v) is 11.4. The average molecular weight is 279 g/mol. The minimum atomic E-state index is -0.341. The third kappa shape index (κ3) is 2.11. The molecule has 0 spiro atoms. The molecule has 0 radical (unpaired) electrons. The van der Waals surface area contributed by atoms with Crippen LogP contribution in [0.3, 0.4) is 0 Å². The maximum Gasteiger partial charge on any atom is 0.150 e. The molecule has 100 valence electrons. The summed E-state index contributed by atoms with van der Waals surface area (Å²) in [4.78, 5) is 4.44. The Morgan fingerprint density at radius 2 is 2.21 bits per heavy atom. The summed E-state index contributed by atoms with van der Waals surface area (Å²) < 4.78 is 7.36. The maximum atomic E-state index is 9.84. The van der Waals surface area contributed by atoms with Gasteiger partial charge in [-0.3, -0.25) is 0 Å². The molecule has 0 saturated heterocycles. The Balaban J connectivity index is 2.16. The molecule has 3 rings (SSSR count). The largest absolute Gasteiger partial charge is 0.496 e. The molecule has 1 aliphatic heterocycles. The number of fused-ring (bicyclic) bond motifs is 1. The molecule has 1 aromatic heterocycles. The molecule has 1 aromatic carbocycles. The van der Waals surface area contributed by atoms with Crippen molar-refractivity contribution in [2.24, 2.45) is 0 Å². The Morgan fingerprint density at radius 3 is 3.00 bits per heavy atom. The van der Waals surface area contributed by atoms with Crippen LogP contribution in [0.1, 0.15) is 12.1 Å². The molecule has 19 heavy (non-hydrogen) atoms. The quantitative estimate of drug-likeness (QED) is 0.918. The number of aliphatic hydroxyl groups excluding tert-OH is 1. The molecular formula is C14H15ClN2O2. The first-order valence-corrected chi connectivity index (χ1v) is 6.65. The molecule has 0 saturated carbocycles. The molecule has 4 nitrogen and oxygen atoms in total. The van der Waals surface area contributed by atoms with Crippen LogP contribution in [-0.2, 0) is 13.0 Å². The van der Waals surface area contributed by atoms with Crippen LogP contribution in [0.15, 0.2) is 24.3 Å². The lowest BCUT2D eigenvalue weighted by molar-refractivity contribution is 0.132. The highest BCUT2D eigenvalue weighted by Crippen LogP contribution is 2.34. The zero-order chi connectivity index (χ0) is 13.4. The first-order valence-electron chi connectivity index (χ1n) is 6.27. The van der Waals surface area contributed by atoms with Gasteiger partial charge >= 0.3 is 0 Å². The third-order valence-electron chi connectivity index (χ3n) is 3.48. The molecule has 2 aromatic rings. The number of benzene rings is 1. The van der Waals surface area contributed by atoms with E-state index < -0.39 is 0 Å². The number of hydrogen-bond acceptors (Lipinski definition) is 3. The van der Waals surface area contributed by atoms with Crippen molar-refractivity contribution in [1.82, 2.24) is 9.55 Å². The molecule has 5 heteroatoms. The minimum absolute atomic E-state index is 0.341. The smallest absolute Gasteiger partial charge is 0.150 e. The fourth-order valence-corrected chi connectivity index (χ4v) is 2.81. The van der Waals surface area contributed by atoms with Crippen LogP contribution in [0.5, 0.6) is 5.75 Å². The van der Waals surface area contributed by atoms with Crippen molar-refractivity contribution < 1.29 is 9.84 Å². The number of nitrogens with zero attached hydrogens (tertiary/aromatic N) is 2. The van der Waals surface area contributed by atoms with E-state index in [4.69, 9.17) is 16.3 Å². The second kappa shape index (κ2) is 4.87. The number of ether oxygens (including phenoxy) is 1. The van der Waals surface area contributed by atoms with Crippen molar-refractivity contribution in [2.45, 2.75) is 25.5 Å². The van der Waals surface area contributed by atoms with Gasteiger partial charge in [0, 0.05) is 0 Å². The summed E-state index contributed by atoms with van der Waals surface area (Å²) in [5, 5.41) is 10.4. The Labute approximate surface area is 116 Å². The number of methoxy groups -OCH3 is 1. The van der Waals surface area contributed by atoms with Crippen LogP contribution in [0.2, 0.25) is 5.15 Å². The molecule has 0 aliphatic carbocycles. The van der Waals surface area contributed by atoms with Gasteiger partial charge in [0.25, 0.3) is 0 Å². The number of para-hydroxylation sites is 1. The molecule has 0 bridgehead atoms. The summed E-state index contributed by atoms with van der Waals surface area (Å²) in [6.45, 7) is 0.530. The van der Waals surface area contributed by atoms with E-state index in [1.807, 2.05) is 28.8 Å². The second-order valence-corrected chi connectivity index (χ2v) is 5.03. The van der Waals surface area contributed by atoms with Gasteiger partial charge in [-0.15, -0.1) is 0 Å². The lowest BCUT2D eigenvalue weighted by Gasteiger charge is -2.22. The van der Waals surface area contributed by atoms with Gasteiger partial charge in [-0.05, 0) is 25.0 Å². The molecule has 2 heterocycles. The number of rotatable bonds is 2. The molecule has 0 amide bonds. The number of imidazole rings is 1. The Morgan fingerprint density at radius 1 is 1.42 bits per heavy atom. The van der Waals surface area contributed by atoms with Gasteiger partial charge in [-0.25, -0.2) is 4.98 Å². The maximum absolute atomic E-state index is 9.84. The molecule has 0 fully saturated rings. The summed E-state index contributed by atoms with van der Waals surface area (Å²) in [7, 11) is 1.63. The first-order chi connectivity index (χ1) is 9.20. The normalized spacial score (nSPS) is 18.2. The number of aliphatic hydroxyl groups is 1. The van der Waals surface area contributed by atoms with E-state index in [0.717, 1.165) is 35.7 Å². The first kappa shape index (κ1) is 12.5. The van der Waals surface area contributed by atoms with Crippen LogP contribution >= 0.6 is 11.6 Å². The molecule has 1 unspecified atom stereocenters. The molecule has 1 atom stereocenters. The minimum Gasteiger partial charge on any atom is -0.496 e. The van der Waals surface area contributed by atoms with E-state index in [2.05, 4.69) is 4.98 Å². The molecule has 1 N–H and O–H groups in total. The SMILES string of the molecule is COc1ccccc1-c1nc(Cl)c2n1CC(O)CC2. The van der Waals surface area contributed by atoms with E-state index in [1.54, 1.807) is 7.11 Å². The van der Waals surface area contributed by atoms with Crippen LogP contribution in [0, 0.1) is 0 Å². The van der Waals surface area contributed by atoms with Crippen molar-refractivity contribution >= 4 is 11.6 Å². The Kier molecular flexibility index (Phi) is 3.21. The fraction of sp³-hybridized carbons (Fsp3) is 0.357. The van der Waals surface area contributed by atoms with Crippen LogP contribution in [0.25, 0.3) is 11.4 Å². The van der Waals surface area contributed by atoms with Crippen LogP contribution in [-0.4, -0.2) is 27.9 Å². The van der Waals surface area contributed by atoms with Crippen molar-refractivity contribution in [1.29, 1.82) is 0 Å². The van der Waals surface area contributed by atoms with E-state index in [9.17, 15) is 5.11 Å². The van der Waals surface area contributed by atoms with E-state index in [-0.39, 0.29) is 6.10 Å². The highest BCUT2D eigenvalue weighted by molar-refractivity contribution is 6.30. The lowest BCUT2D eigenvalue weighted by atomic mass is 10.1. The highest BCUT2D eigenvalue weighted by Gasteiger charge is 2.25. The van der Waals surface area contributed by atoms with E-state index in [0.29, 0.717) is 11.7 Å². The summed E-state index contributed by atoms with van der Waals surface area (Å²) >= 11 is 6.20. The van der Waals surface area contributed by atoms with Gasteiger partial charge in [0.05, 0.1) is 31.0 Å². The molecule has 1 aliphatic rings. The van der Waals surface area contributed by atoms with E-state index >= 15 is 0 Å². The monoisotopic (exact) mass is 278 g/mol. The van der Waals surface area contributed by atoms with Gasteiger partial charge in [0.15, 0.2) is 5.15 Å². The zero-order valence-electron chi connectivity index (χ0n) is 10.6. The number of hydrogen-bond donors (Lipinski definition) is 1. The second-order valence-electron chi connectivity index (χ2n) is 4.68. The number of halogens is 1. The predicted octanol–water partition coefficient (Wildman–Crippen LogP) is 2.52. The molecular weight excluding hydrogens is 264 g/mol. The van der Waals surface area contributed by atoms with Crippen molar-refractivity contribution in [3.05, 3.63) is 35.1 Å². The third-order valence-corrected chi connectivity index (χ3v) is 3.78. The fourth-order valence-electron chi connectivity index (χ4n) is 2.53. The van der Waals surface area contributed by atoms with Gasteiger partial charge in [0.2, 0.25) is 0 Å². The van der Waals surface area contributed by atoms with Crippen molar-refractivity contribution in [3.63, 3.8) is 0 Å². The number of aromatic nitrogens is 2. The van der Waals surface area contributed by atoms with Gasteiger partial charge in [-0.2, -0.15) is 0 Å². The van der Waals surface area contributed by atoms with Gasteiger partial charge in [-0.1, -0.05) is 23.7 Å². The summed E-state index contributed by atoms with van der Waals surface area (Å²) in [5.74, 6) is 1.52. The van der Waals surface area contributed by atoms with E-state index in [1.165, 1.54) is 0 Å². The van der Waals surface area contributed by atoms with Crippen molar-refractivity contribution in [2.75, 3.05) is 7.11 Å². The topological polar surface area (TPSA) is 47.3 Å². The lowest BCUT2D eigenvalue weighted by Crippen LogP contribution is -2.24. The van der Waals surface area contributed by atoms with Gasteiger partial charge in [0.1, 0.15) is 11.6 Å². The highest BCUT2D eigenvalue weighted by atomic mass is 35.5. The standard InChI is InChI=1S/C14H15ClN2O2/c1-19-12-5-3-2-4-10(12)14-16-13(15)11-7-6-9(18)8-17(11)14/h2-5,9,18H,6-8H2,1H3. The van der Waals surface area contributed by atoms with Gasteiger partial charge < -0.3 is 14.4 Å². The van der Waals surface area contributed by atoms with Crippen molar-refractivity contribution in [3.8, 4) is 17.1 Å². The van der Waals surface area contributed by atoms with Crippen LogP contribution < -0.4 is 4.74 Å². The average Bonchev–Trinajstić information content (AvgIpc) is 2.75. The van der Waals surface area contributed by atoms with Crippen LogP contribution in [0.4, 0.5) is 0 Å². The Hall–Kier alpha value is -1.52. The summed E-state index contributed by atoms with van der Waals surface area (Å²) in [5.41, 5.74) is 1.89. The Bertz CT molecular complexity index is 609. The summed E-state index contributed by atoms with van der Waals surface area (Å²) in [6, 6.07) is 7.70. The predicted molar refractivity (Wildman–Crippen MR) is 73.6 cm³/mol. The summed E-state index contributed by atoms with van der Waals surface area (Å²) in [6.07, 6.45) is 1.14.